The van der Waals surface area contributed by atoms with Crippen LogP contribution in [0.4, 0.5) is 17.2 Å². The summed E-state index contributed by atoms with van der Waals surface area (Å²) < 4.78 is 2.48. The molecule has 3 aromatic carbocycles. The zero-order chi connectivity index (χ0) is 22.7. The van der Waals surface area contributed by atoms with Crippen LogP contribution in [-0.4, -0.2) is 13.2 Å². The number of pyridine rings is 1. The van der Waals surface area contributed by atoms with Gasteiger partial charge in [-0.2, -0.15) is 0 Å². The van der Waals surface area contributed by atoms with E-state index in [-0.39, 0.29) is 6.17 Å². The van der Waals surface area contributed by atoms with Crippen LogP contribution in [0.25, 0.3) is 22.0 Å². The highest BCUT2D eigenvalue weighted by Crippen LogP contribution is 2.45. The van der Waals surface area contributed by atoms with E-state index in [1.54, 1.807) is 0 Å². The number of anilines is 3. The Bertz CT molecular complexity index is 1390. The largest absolute Gasteiger partial charge is 0.333 e. The van der Waals surface area contributed by atoms with Crippen LogP contribution in [0.2, 0.25) is 0 Å². The van der Waals surface area contributed by atoms with Gasteiger partial charge in [-0.25, -0.2) is 9.47 Å². The first kappa shape index (κ1) is 20.3. The Morgan fingerprint density at radius 2 is 1.61 bits per heavy atom. The molecule has 2 aliphatic rings. The molecule has 0 N–H and O–H groups in total. The lowest BCUT2D eigenvalue weighted by molar-refractivity contribution is -0.647. The Morgan fingerprint density at radius 1 is 0.879 bits per heavy atom. The summed E-state index contributed by atoms with van der Waals surface area (Å²) in [5.74, 6) is 1.36. The van der Waals surface area contributed by atoms with Crippen molar-refractivity contribution in [2.45, 2.75) is 45.7 Å². The molecular formula is C30H32N3+. The van der Waals surface area contributed by atoms with Crippen LogP contribution in [0.3, 0.4) is 0 Å². The Morgan fingerprint density at radius 3 is 2.45 bits per heavy atom. The lowest BCUT2D eigenvalue weighted by atomic mass is 9.88. The third-order valence-electron chi connectivity index (χ3n) is 7.85. The number of aryl methyl sites for hydroxylation is 2. The third-order valence-corrected chi connectivity index (χ3v) is 7.85. The first-order valence-electron chi connectivity index (χ1n) is 12.2. The highest BCUT2D eigenvalue weighted by molar-refractivity contribution is 5.97. The molecule has 1 aliphatic heterocycles. The predicted molar refractivity (Wildman–Crippen MR) is 138 cm³/mol. The molecule has 3 heteroatoms. The van der Waals surface area contributed by atoms with Crippen molar-refractivity contribution in [3.05, 3.63) is 83.4 Å². The second-order valence-electron chi connectivity index (χ2n) is 9.70. The third kappa shape index (κ3) is 2.98. The van der Waals surface area contributed by atoms with Crippen LogP contribution < -0.4 is 14.4 Å². The number of aromatic nitrogens is 1. The Kier molecular flexibility index (Phi) is 4.69. The molecule has 0 bridgehead atoms. The number of fused-ring (bicyclic) bond motifs is 3. The summed E-state index contributed by atoms with van der Waals surface area (Å²) in [5, 5.41) is 2.64. The fourth-order valence-corrected chi connectivity index (χ4v) is 6.02. The zero-order valence-electron chi connectivity index (χ0n) is 20.1. The van der Waals surface area contributed by atoms with Crippen molar-refractivity contribution in [3.63, 3.8) is 0 Å². The Balaban J connectivity index is 1.67. The summed E-state index contributed by atoms with van der Waals surface area (Å²) in [6, 6.07) is 24.7. The van der Waals surface area contributed by atoms with Crippen molar-refractivity contribution in [2.24, 2.45) is 7.05 Å². The maximum Gasteiger partial charge on any atom is 0.287 e. The lowest BCUT2D eigenvalue weighted by Crippen LogP contribution is -2.46. The summed E-state index contributed by atoms with van der Waals surface area (Å²) in [7, 11) is 4.49. The van der Waals surface area contributed by atoms with Gasteiger partial charge in [0.15, 0.2) is 11.9 Å². The van der Waals surface area contributed by atoms with E-state index in [4.69, 9.17) is 0 Å². The average molecular weight is 435 g/mol. The van der Waals surface area contributed by atoms with Gasteiger partial charge in [-0.15, -0.1) is 0 Å². The van der Waals surface area contributed by atoms with Crippen molar-refractivity contribution in [1.82, 2.24) is 0 Å². The molecular weight excluding hydrogens is 402 g/mol. The monoisotopic (exact) mass is 434 g/mol. The number of para-hydroxylation sites is 2. The topological polar surface area (TPSA) is 10.4 Å². The predicted octanol–water partition coefficient (Wildman–Crippen LogP) is 6.45. The Labute approximate surface area is 196 Å². The van der Waals surface area contributed by atoms with E-state index in [1.165, 1.54) is 75.2 Å². The summed E-state index contributed by atoms with van der Waals surface area (Å²) in [6.45, 7) is 4.58. The van der Waals surface area contributed by atoms with Crippen LogP contribution >= 0.6 is 0 Å². The number of hydrogen-bond acceptors (Lipinski definition) is 2. The summed E-state index contributed by atoms with van der Waals surface area (Å²) in [6.07, 6.45) is 5.14. The van der Waals surface area contributed by atoms with Crippen molar-refractivity contribution in [3.8, 4) is 11.3 Å². The van der Waals surface area contributed by atoms with Crippen LogP contribution in [0.5, 0.6) is 0 Å². The molecule has 0 fully saturated rings. The second kappa shape index (κ2) is 7.62. The molecule has 1 atom stereocenters. The van der Waals surface area contributed by atoms with E-state index in [9.17, 15) is 0 Å². The summed E-state index contributed by atoms with van der Waals surface area (Å²) in [5.41, 5.74) is 9.68. The van der Waals surface area contributed by atoms with Gasteiger partial charge in [-0.3, -0.25) is 0 Å². The quantitative estimate of drug-likeness (QED) is 0.336. The van der Waals surface area contributed by atoms with Gasteiger partial charge in [0.05, 0.1) is 12.7 Å². The molecule has 0 radical (unpaired) electrons. The van der Waals surface area contributed by atoms with Crippen molar-refractivity contribution < 1.29 is 4.57 Å². The molecule has 166 valence electrons. The zero-order valence-corrected chi connectivity index (χ0v) is 20.1. The standard InChI is InChI=1S/C30H32N3/c1-20-17-18-22-11-5-7-13-24(22)29(20)28-19-23-12-6-8-14-25(23)30(32(28)4)33-21(2)31(3)26-15-9-10-16-27(26)33/h5,7,9-11,13,15-19,21H,6,8,12,14H2,1-4H3/q+1/t21-/m1/s1. The second-order valence-corrected chi connectivity index (χ2v) is 9.70. The summed E-state index contributed by atoms with van der Waals surface area (Å²) >= 11 is 0. The van der Waals surface area contributed by atoms with Gasteiger partial charge in [0.25, 0.3) is 5.82 Å². The SMILES string of the molecule is Cc1ccc2ccccc2c1-c1cc2c(c(N3c4ccccc4N(C)[C@H]3C)[n+]1C)CCCC2. The first-order chi connectivity index (χ1) is 16.1. The minimum absolute atomic E-state index is 0.267. The molecule has 4 aromatic rings. The van der Waals surface area contributed by atoms with Gasteiger partial charge >= 0.3 is 0 Å². The molecule has 6 rings (SSSR count). The molecule has 0 saturated carbocycles. The van der Waals surface area contributed by atoms with Crippen LogP contribution in [0.15, 0.2) is 66.7 Å². The van der Waals surface area contributed by atoms with Gasteiger partial charge in [0.2, 0.25) is 0 Å². The normalized spacial score (nSPS) is 17.4. The highest BCUT2D eigenvalue weighted by atomic mass is 15.4. The minimum Gasteiger partial charge on any atom is -0.333 e. The van der Waals surface area contributed by atoms with Crippen LogP contribution in [0.1, 0.15) is 36.5 Å². The Hall–Kier alpha value is -3.33. The van der Waals surface area contributed by atoms with E-state index in [1.807, 2.05) is 0 Å². The number of benzene rings is 3. The van der Waals surface area contributed by atoms with Gasteiger partial charge in [-0.05, 0) is 79.6 Å². The van der Waals surface area contributed by atoms with E-state index in [2.05, 4.69) is 109 Å². The lowest BCUT2D eigenvalue weighted by Gasteiger charge is -2.28. The number of hydrogen-bond donors (Lipinski definition) is 0. The van der Waals surface area contributed by atoms with Gasteiger partial charge in [0, 0.05) is 18.2 Å². The molecule has 0 amide bonds. The smallest absolute Gasteiger partial charge is 0.287 e. The number of rotatable bonds is 2. The summed E-state index contributed by atoms with van der Waals surface area (Å²) in [4.78, 5) is 4.98. The maximum absolute atomic E-state index is 2.57. The van der Waals surface area contributed by atoms with E-state index < -0.39 is 0 Å². The average Bonchev–Trinajstić information content (AvgIpc) is 3.09. The van der Waals surface area contributed by atoms with Gasteiger partial charge in [0.1, 0.15) is 5.69 Å². The van der Waals surface area contributed by atoms with Crippen LogP contribution in [-0.2, 0) is 19.9 Å². The fourth-order valence-electron chi connectivity index (χ4n) is 6.02. The number of nitrogens with zero attached hydrogens (tertiary/aromatic N) is 3. The van der Waals surface area contributed by atoms with Crippen molar-refractivity contribution in [1.29, 1.82) is 0 Å². The van der Waals surface area contributed by atoms with E-state index in [0.717, 1.165) is 6.42 Å². The molecule has 0 spiro atoms. The highest BCUT2D eigenvalue weighted by Gasteiger charge is 2.42. The van der Waals surface area contributed by atoms with E-state index in [0.29, 0.717) is 0 Å². The molecule has 0 unspecified atom stereocenters. The minimum atomic E-state index is 0.267. The fraction of sp³-hybridized carbons (Fsp3) is 0.300. The molecule has 2 heterocycles. The molecule has 1 aliphatic carbocycles. The van der Waals surface area contributed by atoms with Gasteiger partial charge in [-0.1, -0.05) is 48.5 Å². The molecule has 0 saturated heterocycles. The molecule has 1 aromatic heterocycles. The van der Waals surface area contributed by atoms with Crippen LogP contribution in [0, 0.1) is 6.92 Å². The van der Waals surface area contributed by atoms with Crippen molar-refractivity contribution in [2.75, 3.05) is 16.8 Å². The molecule has 33 heavy (non-hydrogen) atoms. The molecule has 3 nitrogen and oxygen atoms in total. The first-order valence-corrected chi connectivity index (χ1v) is 12.2. The van der Waals surface area contributed by atoms with E-state index >= 15 is 0 Å². The van der Waals surface area contributed by atoms with Crippen molar-refractivity contribution >= 4 is 28.0 Å². The van der Waals surface area contributed by atoms with Gasteiger partial charge < -0.3 is 4.90 Å². The maximum atomic E-state index is 2.57.